The zero-order valence-corrected chi connectivity index (χ0v) is 14.1. The highest BCUT2D eigenvalue weighted by Crippen LogP contribution is 2.22. The van der Waals surface area contributed by atoms with Crippen molar-refractivity contribution in [3.63, 3.8) is 0 Å². The van der Waals surface area contributed by atoms with E-state index < -0.39 is 11.7 Å². The molecule has 2 rings (SSSR count). The predicted octanol–water partition coefficient (Wildman–Crippen LogP) is 2.16. The summed E-state index contributed by atoms with van der Waals surface area (Å²) in [6.45, 7) is 5.35. The van der Waals surface area contributed by atoms with Crippen LogP contribution in [-0.2, 0) is 4.74 Å². The third kappa shape index (κ3) is 4.25. The minimum absolute atomic E-state index is 0.266. The molecule has 0 spiro atoms. The van der Waals surface area contributed by atoms with Crippen molar-refractivity contribution in [3.05, 3.63) is 36.2 Å². The second-order valence-corrected chi connectivity index (χ2v) is 6.13. The number of carbonyl (C=O) groups excluding carboxylic acids is 2. The van der Waals surface area contributed by atoms with E-state index in [2.05, 4.69) is 15.7 Å². The number of nitrogens with one attached hydrogen (secondary N) is 2. The lowest BCUT2D eigenvalue weighted by molar-refractivity contribution is 0.0635. The van der Waals surface area contributed by atoms with Crippen LogP contribution in [0.25, 0.3) is 5.69 Å². The van der Waals surface area contributed by atoms with E-state index in [1.54, 1.807) is 51.2 Å². The molecule has 128 valence electrons. The van der Waals surface area contributed by atoms with Crippen molar-refractivity contribution in [1.29, 1.82) is 0 Å². The molecule has 0 aliphatic rings. The van der Waals surface area contributed by atoms with E-state index in [1.807, 2.05) is 0 Å². The van der Waals surface area contributed by atoms with E-state index in [4.69, 9.17) is 10.5 Å². The Morgan fingerprint density at radius 1 is 1.25 bits per heavy atom. The van der Waals surface area contributed by atoms with Crippen molar-refractivity contribution >= 4 is 23.4 Å². The maximum absolute atomic E-state index is 11.9. The number of amides is 2. The molecule has 1 aromatic carbocycles. The zero-order chi connectivity index (χ0) is 17.9. The molecule has 0 saturated heterocycles. The van der Waals surface area contributed by atoms with Crippen LogP contribution < -0.4 is 16.4 Å². The highest BCUT2D eigenvalue weighted by Gasteiger charge is 2.17. The van der Waals surface area contributed by atoms with E-state index in [-0.39, 0.29) is 11.6 Å². The van der Waals surface area contributed by atoms with Crippen molar-refractivity contribution in [2.24, 2.45) is 0 Å². The van der Waals surface area contributed by atoms with Gasteiger partial charge in [-0.15, -0.1) is 0 Å². The van der Waals surface area contributed by atoms with Crippen LogP contribution in [0.15, 0.2) is 30.5 Å². The van der Waals surface area contributed by atoms with Gasteiger partial charge in [-0.2, -0.15) is 5.10 Å². The average molecular weight is 331 g/mol. The van der Waals surface area contributed by atoms with Gasteiger partial charge in [-0.3, -0.25) is 10.1 Å². The number of ether oxygens (including phenoxy) is 1. The molecule has 2 aromatic rings. The zero-order valence-electron chi connectivity index (χ0n) is 14.1. The Labute approximate surface area is 140 Å². The normalized spacial score (nSPS) is 11.0. The summed E-state index contributed by atoms with van der Waals surface area (Å²) in [6.07, 6.45) is 1.05. The summed E-state index contributed by atoms with van der Waals surface area (Å²) in [5.74, 6) is -0.296. The summed E-state index contributed by atoms with van der Waals surface area (Å²) >= 11 is 0. The Morgan fingerprint density at radius 3 is 2.58 bits per heavy atom. The van der Waals surface area contributed by atoms with E-state index in [0.717, 1.165) is 0 Å². The van der Waals surface area contributed by atoms with Gasteiger partial charge in [-0.05, 0) is 45.0 Å². The lowest BCUT2D eigenvalue weighted by atomic mass is 10.2. The van der Waals surface area contributed by atoms with Crippen LogP contribution in [0.1, 0.15) is 31.3 Å². The van der Waals surface area contributed by atoms with Crippen molar-refractivity contribution in [2.75, 3.05) is 18.1 Å². The van der Waals surface area contributed by atoms with Gasteiger partial charge in [0.05, 0.1) is 11.4 Å². The third-order valence-corrected chi connectivity index (χ3v) is 2.97. The Balaban J connectivity index is 2.24. The van der Waals surface area contributed by atoms with Gasteiger partial charge in [0.15, 0.2) is 5.69 Å². The fourth-order valence-corrected chi connectivity index (χ4v) is 1.95. The fourth-order valence-electron chi connectivity index (χ4n) is 1.95. The van der Waals surface area contributed by atoms with Crippen LogP contribution in [0.2, 0.25) is 0 Å². The molecular weight excluding hydrogens is 310 g/mol. The number of benzene rings is 1. The summed E-state index contributed by atoms with van der Waals surface area (Å²) in [5.41, 5.74) is 7.14. The third-order valence-electron chi connectivity index (χ3n) is 2.97. The second kappa shape index (κ2) is 6.61. The minimum atomic E-state index is -0.592. The summed E-state index contributed by atoms with van der Waals surface area (Å²) in [4.78, 5) is 23.4. The molecule has 0 atom stereocenters. The van der Waals surface area contributed by atoms with Gasteiger partial charge in [-0.25, -0.2) is 9.48 Å². The summed E-state index contributed by atoms with van der Waals surface area (Å²) in [6, 6.07) is 6.53. The summed E-state index contributed by atoms with van der Waals surface area (Å²) < 4.78 is 6.68. The number of rotatable bonds is 3. The number of hydrogen-bond acceptors (Lipinski definition) is 5. The smallest absolute Gasteiger partial charge is 0.412 e. The first-order valence-electron chi connectivity index (χ1n) is 7.37. The van der Waals surface area contributed by atoms with Crippen LogP contribution in [0.5, 0.6) is 0 Å². The standard InChI is InChI=1S/C16H21N5O3/c1-16(2,3)24-15(23)19-10-5-6-11(17)13(9-10)21-8-7-12(20-21)14(22)18-4/h5-9H,17H2,1-4H3,(H,18,22)(H,19,23). The molecular formula is C16H21N5O3. The summed E-state index contributed by atoms with van der Waals surface area (Å²) in [7, 11) is 1.53. The lowest BCUT2D eigenvalue weighted by Gasteiger charge is -2.20. The van der Waals surface area contributed by atoms with E-state index in [9.17, 15) is 9.59 Å². The molecule has 0 saturated carbocycles. The molecule has 1 heterocycles. The van der Waals surface area contributed by atoms with Crippen LogP contribution in [0, 0.1) is 0 Å². The van der Waals surface area contributed by atoms with Crippen molar-refractivity contribution < 1.29 is 14.3 Å². The topological polar surface area (TPSA) is 111 Å². The lowest BCUT2D eigenvalue weighted by Crippen LogP contribution is -2.27. The highest BCUT2D eigenvalue weighted by atomic mass is 16.6. The van der Waals surface area contributed by atoms with E-state index >= 15 is 0 Å². The fraction of sp³-hybridized carbons (Fsp3) is 0.312. The molecule has 8 heteroatoms. The molecule has 0 fully saturated rings. The predicted molar refractivity (Wildman–Crippen MR) is 91.2 cm³/mol. The van der Waals surface area contributed by atoms with Gasteiger partial charge in [0.2, 0.25) is 0 Å². The van der Waals surface area contributed by atoms with Gasteiger partial charge >= 0.3 is 6.09 Å². The van der Waals surface area contributed by atoms with Crippen molar-refractivity contribution in [1.82, 2.24) is 15.1 Å². The van der Waals surface area contributed by atoms with Crippen LogP contribution in [-0.4, -0.2) is 34.4 Å². The number of nitrogens with zero attached hydrogens (tertiary/aromatic N) is 2. The van der Waals surface area contributed by atoms with Gasteiger partial charge in [-0.1, -0.05) is 0 Å². The molecule has 0 aliphatic carbocycles. The molecule has 24 heavy (non-hydrogen) atoms. The quantitative estimate of drug-likeness (QED) is 0.746. The first kappa shape index (κ1) is 17.3. The SMILES string of the molecule is CNC(=O)c1ccn(-c2cc(NC(=O)OC(C)(C)C)ccc2N)n1. The van der Waals surface area contributed by atoms with Gasteiger partial charge in [0.25, 0.3) is 5.91 Å². The number of nitrogen functional groups attached to an aromatic ring is 1. The summed E-state index contributed by atoms with van der Waals surface area (Å²) in [5, 5.41) is 9.31. The van der Waals surface area contributed by atoms with E-state index in [0.29, 0.717) is 17.1 Å². The Bertz CT molecular complexity index is 761. The largest absolute Gasteiger partial charge is 0.444 e. The highest BCUT2D eigenvalue weighted by molar-refractivity contribution is 5.92. The molecule has 4 N–H and O–H groups in total. The average Bonchev–Trinajstić information content (AvgIpc) is 2.96. The first-order chi connectivity index (χ1) is 11.2. The van der Waals surface area contributed by atoms with E-state index in [1.165, 1.54) is 11.7 Å². The Hall–Kier alpha value is -3.03. The number of nitrogens with two attached hydrogens (primary N) is 1. The number of hydrogen-bond donors (Lipinski definition) is 3. The Kier molecular flexibility index (Phi) is 4.77. The maximum atomic E-state index is 11.9. The second-order valence-electron chi connectivity index (χ2n) is 6.13. The monoisotopic (exact) mass is 331 g/mol. The first-order valence-corrected chi connectivity index (χ1v) is 7.37. The molecule has 0 bridgehead atoms. The molecule has 2 amide bonds. The number of carbonyl (C=O) groups is 2. The molecule has 8 nitrogen and oxygen atoms in total. The van der Waals surface area contributed by atoms with Gasteiger partial charge in [0.1, 0.15) is 5.60 Å². The van der Waals surface area contributed by atoms with Crippen LogP contribution in [0.3, 0.4) is 0 Å². The number of anilines is 2. The van der Waals surface area contributed by atoms with Gasteiger partial charge in [0, 0.05) is 18.9 Å². The van der Waals surface area contributed by atoms with Crippen LogP contribution >= 0.6 is 0 Å². The molecule has 0 unspecified atom stereocenters. The molecule has 1 aromatic heterocycles. The molecule has 0 radical (unpaired) electrons. The van der Waals surface area contributed by atoms with Crippen LogP contribution in [0.4, 0.5) is 16.2 Å². The maximum Gasteiger partial charge on any atom is 0.412 e. The molecule has 0 aliphatic heterocycles. The Morgan fingerprint density at radius 2 is 1.96 bits per heavy atom. The van der Waals surface area contributed by atoms with Crippen molar-refractivity contribution in [2.45, 2.75) is 26.4 Å². The number of aromatic nitrogens is 2. The minimum Gasteiger partial charge on any atom is -0.444 e. The van der Waals surface area contributed by atoms with Gasteiger partial charge < -0.3 is 15.8 Å². The van der Waals surface area contributed by atoms with Crippen molar-refractivity contribution in [3.8, 4) is 5.69 Å².